The summed E-state index contributed by atoms with van der Waals surface area (Å²) in [5.74, 6) is -0.284. The topological polar surface area (TPSA) is 87.0 Å². The quantitative estimate of drug-likeness (QED) is 0.280. The Morgan fingerprint density at radius 2 is 1.63 bits per heavy atom. The van der Waals surface area contributed by atoms with Gasteiger partial charge in [-0.1, -0.05) is 59.6 Å². The standard InChI is InChI=1S/C25H38O5/c1-18(9-8-10-19(2)16-23(27)24(28)17-21(4)26)15-20(3)13-14-25(29)30-22-11-6-5-7-12-22/h8-10,13-16,21-24,26-28H,5-7,11-12,17H2,1-4H3/t21-,23-,24-/m0/s1. The summed E-state index contributed by atoms with van der Waals surface area (Å²) in [6, 6.07) is 0. The Morgan fingerprint density at radius 3 is 2.27 bits per heavy atom. The third kappa shape index (κ3) is 11.9. The zero-order valence-electron chi connectivity index (χ0n) is 18.8. The number of carbonyl (C=O) groups is 1. The van der Waals surface area contributed by atoms with E-state index in [9.17, 15) is 20.1 Å². The molecular weight excluding hydrogens is 380 g/mol. The van der Waals surface area contributed by atoms with Gasteiger partial charge in [-0.15, -0.1) is 0 Å². The lowest BCUT2D eigenvalue weighted by Gasteiger charge is -2.20. The number of ether oxygens (including phenoxy) is 1. The second-order valence-corrected chi connectivity index (χ2v) is 8.24. The van der Waals surface area contributed by atoms with Crippen molar-refractivity contribution in [1.82, 2.24) is 0 Å². The fourth-order valence-corrected chi connectivity index (χ4v) is 3.32. The van der Waals surface area contributed by atoms with E-state index in [0.29, 0.717) is 0 Å². The van der Waals surface area contributed by atoms with E-state index in [-0.39, 0.29) is 18.5 Å². The van der Waals surface area contributed by atoms with E-state index in [4.69, 9.17) is 4.74 Å². The van der Waals surface area contributed by atoms with E-state index in [1.54, 1.807) is 19.1 Å². The Hall–Kier alpha value is -1.95. The molecule has 0 aromatic rings. The van der Waals surface area contributed by atoms with Crippen LogP contribution in [0.2, 0.25) is 0 Å². The van der Waals surface area contributed by atoms with Crippen molar-refractivity contribution in [2.75, 3.05) is 0 Å². The van der Waals surface area contributed by atoms with E-state index in [0.717, 1.165) is 42.4 Å². The van der Waals surface area contributed by atoms with Crippen molar-refractivity contribution in [2.24, 2.45) is 0 Å². The average Bonchev–Trinajstić information content (AvgIpc) is 2.66. The molecule has 0 heterocycles. The average molecular weight is 419 g/mol. The molecule has 168 valence electrons. The monoisotopic (exact) mass is 418 g/mol. The van der Waals surface area contributed by atoms with Crippen LogP contribution in [-0.4, -0.2) is 45.7 Å². The van der Waals surface area contributed by atoms with Crippen LogP contribution in [0.5, 0.6) is 0 Å². The van der Waals surface area contributed by atoms with Gasteiger partial charge in [-0.05, 0) is 53.4 Å². The summed E-state index contributed by atoms with van der Waals surface area (Å²) in [5.41, 5.74) is 2.76. The molecule has 0 saturated heterocycles. The molecule has 1 fully saturated rings. The molecule has 0 aromatic carbocycles. The van der Waals surface area contributed by atoms with Gasteiger partial charge in [-0.2, -0.15) is 0 Å². The highest BCUT2D eigenvalue weighted by Gasteiger charge is 2.16. The first-order valence-corrected chi connectivity index (χ1v) is 10.8. The maximum absolute atomic E-state index is 11.9. The molecule has 5 heteroatoms. The number of aliphatic hydroxyl groups is 3. The maximum Gasteiger partial charge on any atom is 0.331 e. The minimum absolute atomic E-state index is 0.0647. The van der Waals surface area contributed by atoms with Crippen LogP contribution in [0.15, 0.2) is 59.3 Å². The number of carbonyl (C=O) groups excluding carboxylic acids is 1. The van der Waals surface area contributed by atoms with Crippen molar-refractivity contribution in [3.63, 3.8) is 0 Å². The van der Waals surface area contributed by atoms with Crippen LogP contribution in [-0.2, 0) is 9.53 Å². The lowest BCUT2D eigenvalue weighted by atomic mass is 9.98. The minimum Gasteiger partial charge on any atom is -0.459 e. The Bertz CT molecular complexity index is 676. The third-order valence-electron chi connectivity index (χ3n) is 4.90. The fraction of sp³-hybridized carbons (Fsp3) is 0.560. The minimum atomic E-state index is -1.02. The molecule has 0 aromatic heterocycles. The van der Waals surface area contributed by atoms with Crippen LogP contribution in [0.25, 0.3) is 0 Å². The van der Waals surface area contributed by atoms with E-state index >= 15 is 0 Å². The van der Waals surface area contributed by atoms with Gasteiger partial charge >= 0.3 is 5.97 Å². The number of allylic oxidation sites excluding steroid dienone is 8. The first kappa shape index (κ1) is 26.1. The normalized spacial score (nSPS) is 20.6. The largest absolute Gasteiger partial charge is 0.459 e. The number of esters is 1. The van der Waals surface area contributed by atoms with Crippen LogP contribution in [0, 0.1) is 0 Å². The highest BCUT2D eigenvalue weighted by atomic mass is 16.5. The molecule has 1 aliphatic rings. The lowest BCUT2D eigenvalue weighted by molar-refractivity contribution is -0.144. The van der Waals surface area contributed by atoms with Crippen molar-refractivity contribution in [3.8, 4) is 0 Å². The fourth-order valence-electron chi connectivity index (χ4n) is 3.32. The van der Waals surface area contributed by atoms with Crippen molar-refractivity contribution >= 4 is 5.97 Å². The zero-order valence-corrected chi connectivity index (χ0v) is 18.8. The molecule has 0 unspecified atom stereocenters. The Kier molecular flexibility index (Phi) is 12.3. The highest BCUT2D eigenvalue weighted by molar-refractivity contribution is 5.82. The van der Waals surface area contributed by atoms with Crippen LogP contribution < -0.4 is 0 Å². The first-order chi connectivity index (χ1) is 14.2. The summed E-state index contributed by atoms with van der Waals surface area (Å²) in [7, 11) is 0. The predicted octanol–water partition coefficient (Wildman–Crippen LogP) is 4.31. The summed E-state index contributed by atoms with van der Waals surface area (Å²) in [6.07, 6.45) is 15.3. The predicted molar refractivity (Wildman–Crippen MR) is 121 cm³/mol. The Balaban J connectivity index is 2.53. The molecule has 0 spiro atoms. The zero-order chi connectivity index (χ0) is 22.5. The van der Waals surface area contributed by atoms with Crippen LogP contribution in [0.4, 0.5) is 0 Å². The summed E-state index contributed by atoms with van der Waals surface area (Å²) < 4.78 is 5.47. The van der Waals surface area contributed by atoms with Crippen molar-refractivity contribution in [2.45, 2.75) is 90.6 Å². The van der Waals surface area contributed by atoms with Gasteiger partial charge in [-0.3, -0.25) is 0 Å². The van der Waals surface area contributed by atoms with Gasteiger partial charge in [0.25, 0.3) is 0 Å². The van der Waals surface area contributed by atoms with Crippen molar-refractivity contribution < 1.29 is 24.9 Å². The molecule has 1 saturated carbocycles. The van der Waals surface area contributed by atoms with Crippen LogP contribution >= 0.6 is 0 Å². The molecule has 1 aliphatic carbocycles. The number of aliphatic hydroxyl groups excluding tert-OH is 3. The van der Waals surface area contributed by atoms with Crippen LogP contribution in [0.3, 0.4) is 0 Å². The molecule has 3 atom stereocenters. The molecule has 1 rings (SSSR count). The van der Waals surface area contributed by atoms with Gasteiger partial charge in [0.05, 0.1) is 18.3 Å². The number of rotatable bonds is 10. The molecule has 0 aliphatic heterocycles. The number of hydrogen-bond donors (Lipinski definition) is 3. The maximum atomic E-state index is 11.9. The smallest absolute Gasteiger partial charge is 0.331 e. The highest BCUT2D eigenvalue weighted by Crippen LogP contribution is 2.20. The van der Waals surface area contributed by atoms with Gasteiger partial charge in [-0.25, -0.2) is 4.79 Å². The van der Waals surface area contributed by atoms with E-state index in [1.807, 2.05) is 45.1 Å². The molecule has 3 N–H and O–H groups in total. The molecule has 30 heavy (non-hydrogen) atoms. The molecule has 5 nitrogen and oxygen atoms in total. The lowest BCUT2D eigenvalue weighted by Crippen LogP contribution is -2.27. The second-order valence-electron chi connectivity index (χ2n) is 8.24. The third-order valence-corrected chi connectivity index (χ3v) is 4.90. The van der Waals surface area contributed by atoms with Gasteiger partial charge in [0.15, 0.2) is 0 Å². The Labute approximate surface area is 181 Å². The summed E-state index contributed by atoms with van der Waals surface area (Å²) in [4.78, 5) is 11.9. The van der Waals surface area contributed by atoms with E-state index in [2.05, 4.69) is 0 Å². The van der Waals surface area contributed by atoms with Gasteiger partial charge in [0, 0.05) is 12.5 Å². The SMILES string of the molecule is CC(=CC=CC(C)=C[C@H](O)[C@@H](O)C[C@H](C)O)C=C(C)C=CC(=O)OC1CCCCC1. The molecule has 0 radical (unpaired) electrons. The van der Waals surface area contributed by atoms with Crippen molar-refractivity contribution in [3.05, 3.63) is 59.3 Å². The van der Waals surface area contributed by atoms with E-state index in [1.165, 1.54) is 12.5 Å². The number of hydrogen-bond acceptors (Lipinski definition) is 5. The van der Waals surface area contributed by atoms with Crippen molar-refractivity contribution in [1.29, 1.82) is 0 Å². The van der Waals surface area contributed by atoms with Gasteiger partial charge < -0.3 is 20.1 Å². The molecular formula is C25H38O5. The van der Waals surface area contributed by atoms with E-state index < -0.39 is 18.3 Å². The summed E-state index contributed by atoms with van der Waals surface area (Å²) >= 11 is 0. The Morgan fingerprint density at radius 1 is 0.967 bits per heavy atom. The molecule has 0 amide bonds. The molecule has 0 bridgehead atoms. The van der Waals surface area contributed by atoms with Gasteiger partial charge in [0.1, 0.15) is 6.10 Å². The first-order valence-electron chi connectivity index (χ1n) is 10.8. The van der Waals surface area contributed by atoms with Gasteiger partial charge in [0.2, 0.25) is 0 Å². The summed E-state index contributed by atoms with van der Waals surface area (Å²) in [5, 5.41) is 29.0. The summed E-state index contributed by atoms with van der Waals surface area (Å²) in [6.45, 7) is 7.29. The second kappa shape index (κ2) is 14.1. The van der Waals surface area contributed by atoms with Crippen LogP contribution in [0.1, 0.15) is 66.2 Å².